The van der Waals surface area contributed by atoms with Gasteiger partial charge in [0.15, 0.2) is 0 Å². The van der Waals surface area contributed by atoms with Crippen LogP contribution in [0.1, 0.15) is 86.0 Å². The third-order valence-electron chi connectivity index (χ3n) is 12.6. The molecule has 6 aromatic rings. The maximum absolute atomic E-state index is 13.8. The summed E-state index contributed by atoms with van der Waals surface area (Å²) in [7, 11) is 1.30. The molecule has 2 saturated heterocycles. The van der Waals surface area contributed by atoms with Gasteiger partial charge >= 0.3 is 12.2 Å². The highest BCUT2D eigenvalue weighted by Crippen LogP contribution is 2.40. The highest BCUT2D eigenvalue weighted by Gasteiger charge is 2.39. The zero-order valence-electron chi connectivity index (χ0n) is 35.0. The number of alkyl carbamates (subject to hydrolysis) is 1. The first-order valence-electron chi connectivity index (χ1n) is 21.4. The van der Waals surface area contributed by atoms with Crippen molar-refractivity contribution in [2.24, 2.45) is 5.92 Å². The summed E-state index contributed by atoms with van der Waals surface area (Å²) in [5.41, 5.74) is 11.4. The number of nitrogens with one attached hydrogen (secondary N) is 4. The molecule has 0 bridgehead atoms. The largest absolute Gasteiger partial charge is 0.465 e. The van der Waals surface area contributed by atoms with Gasteiger partial charge in [-0.05, 0) is 107 Å². The smallest absolute Gasteiger partial charge is 0.407 e. The molecular weight excluding hydrogens is 785 g/mol. The fourth-order valence-electron chi connectivity index (χ4n) is 9.49. The molecule has 5 N–H and O–H groups in total. The highest BCUT2D eigenvalue weighted by atomic mass is 16.5. The molecule has 4 aromatic carbocycles. The number of hydrogen-bond acceptors (Lipinski definition) is 7. The summed E-state index contributed by atoms with van der Waals surface area (Å²) in [6, 6.07) is 26.2. The number of fused-ring (bicyclic) bond motifs is 4. The van der Waals surface area contributed by atoms with E-state index in [1.807, 2.05) is 37.1 Å². The Morgan fingerprint density at radius 1 is 0.758 bits per heavy atom. The van der Waals surface area contributed by atoms with Gasteiger partial charge < -0.3 is 40.2 Å². The molecule has 1 aliphatic carbocycles. The van der Waals surface area contributed by atoms with E-state index in [4.69, 9.17) is 14.7 Å². The monoisotopic (exact) mass is 834 g/mol. The fourth-order valence-corrected chi connectivity index (χ4v) is 9.49. The Bertz CT molecular complexity index is 2670. The summed E-state index contributed by atoms with van der Waals surface area (Å²) in [6.07, 6.45) is 4.88. The predicted molar refractivity (Wildman–Crippen MR) is 234 cm³/mol. The molecule has 0 radical (unpaired) electrons. The molecule has 0 spiro atoms. The van der Waals surface area contributed by atoms with Gasteiger partial charge in [-0.25, -0.2) is 19.6 Å². The van der Waals surface area contributed by atoms with Crippen molar-refractivity contribution in [3.63, 3.8) is 0 Å². The molecule has 2 aliphatic heterocycles. The number of likely N-dealkylation sites (tertiary alicyclic amines) is 2. The van der Waals surface area contributed by atoms with E-state index in [0.29, 0.717) is 24.5 Å². The average molecular weight is 835 g/mol. The number of aromatic nitrogens is 4. The molecule has 4 heterocycles. The van der Waals surface area contributed by atoms with E-state index in [9.17, 15) is 24.3 Å². The van der Waals surface area contributed by atoms with Crippen molar-refractivity contribution in [3.8, 4) is 33.5 Å². The van der Waals surface area contributed by atoms with E-state index >= 15 is 0 Å². The lowest BCUT2D eigenvalue weighted by Crippen LogP contribution is -2.51. The first-order valence-corrected chi connectivity index (χ1v) is 21.4. The minimum atomic E-state index is -1.25. The van der Waals surface area contributed by atoms with E-state index < -0.39 is 24.3 Å². The van der Waals surface area contributed by atoms with Gasteiger partial charge in [0, 0.05) is 13.1 Å². The van der Waals surface area contributed by atoms with E-state index in [-0.39, 0.29) is 29.8 Å². The quantitative estimate of drug-likeness (QED) is 0.0916. The number of aromatic amines is 2. The number of nitrogens with zero attached hydrogens (tertiary/aromatic N) is 4. The lowest BCUT2D eigenvalue weighted by Gasteiger charge is -2.29. The Morgan fingerprint density at radius 2 is 1.39 bits per heavy atom. The summed E-state index contributed by atoms with van der Waals surface area (Å²) in [5, 5.41) is 14.7. The molecule has 318 valence electrons. The van der Waals surface area contributed by atoms with Crippen LogP contribution in [-0.4, -0.2) is 85.1 Å². The second-order valence-corrected chi connectivity index (χ2v) is 16.8. The average Bonchev–Trinajstić information content (AvgIpc) is 4.13. The van der Waals surface area contributed by atoms with Gasteiger partial charge in [-0.15, -0.1) is 0 Å². The molecule has 9 rings (SSSR count). The van der Waals surface area contributed by atoms with Gasteiger partial charge in [-0.1, -0.05) is 80.6 Å². The minimum Gasteiger partial charge on any atom is -0.465 e. The molecule has 2 fully saturated rings. The number of rotatable bonds is 10. The van der Waals surface area contributed by atoms with Crippen LogP contribution in [0.25, 0.3) is 44.5 Å². The summed E-state index contributed by atoms with van der Waals surface area (Å²) in [4.78, 5) is 71.5. The number of amides is 4. The Labute approximate surface area is 359 Å². The number of H-pyrrole nitrogens is 2. The third-order valence-corrected chi connectivity index (χ3v) is 12.6. The van der Waals surface area contributed by atoms with Crippen LogP contribution in [-0.2, 0) is 27.2 Å². The standard InChI is InChI=1S/C48H50N8O6/c1-27(2)41(54-48(61)62-3)45(57)56-22-8-12-40(56)44-50-36-20-17-30(25-37(36)51-44)29-15-18-34-31(23-29)13-14-32-24-33(16-19-35(32)34)38-26-49-43(52-38)39-11-7-21-55(39)46(58)42(53-47(59)60)28-9-5-4-6-10-28/h4-6,9-10,15-20,23-27,39-42,53H,7-8,11-14,21-22H2,1-3H3,(H,49,52)(H,50,51)(H,54,61)(H,59,60)/t39-,40-,41-,42+/m0/s1. The zero-order chi connectivity index (χ0) is 43.1. The Balaban J connectivity index is 0.908. The van der Waals surface area contributed by atoms with Crippen LogP contribution in [0.4, 0.5) is 9.59 Å². The lowest BCUT2D eigenvalue weighted by atomic mass is 9.83. The summed E-state index contributed by atoms with van der Waals surface area (Å²) < 4.78 is 4.79. The number of imidazole rings is 2. The molecule has 14 nitrogen and oxygen atoms in total. The molecule has 4 amide bonds. The normalized spacial score (nSPS) is 18.0. The highest BCUT2D eigenvalue weighted by molar-refractivity contribution is 5.88. The second-order valence-electron chi connectivity index (χ2n) is 16.8. The van der Waals surface area contributed by atoms with Crippen molar-refractivity contribution in [2.45, 2.75) is 76.5 Å². The van der Waals surface area contributed by atoms with Gasteiger partial charge in [0.25, 0.3) is 5.91 Å². The van der Waals surface area contributed by atoms with Gasteiger partial charge in [-0.2, -0.15) is 0 Å². The predicted octanol–water partition coefficient (Wildman–Crippen LogP) is 8.10. The number of carboxylic acid groups (broad SMARTS) is 1. The van der Waals surface area contributed by atoms with Gasteiger partial charge in [0.2, 0.25) is 5.91 Å². The van der Waals surface area contributed by atoms with Gasteiger partial charge in [0.05, 0.1) is 42.1 Å². The Morgan fingerprint density at radius 3 is 2.06 bits per heavy atom. The molecule has 14 heteroatoms. The number of carbonyl (C=O) groups is 4. The lowest BCUT2D eigenvalue weighted by molar-refractivity contribution is -0.135. The van der Waals surface area contributed by atoms with Crippen molar-refractivity contribution in [1.82, 2.24) is 40.4 Å². The molecular formula is C48H50N8O6. The number of methoxy groups -OCH3 is 1. The number of benzene rings is 4. The first-order chi connectivity index (χ1) is 30.1. The maximum atomic E-state index is 13.8. The topological polar surface area (TPSA) is 186 Å². The number of hydrogen-bond donors (Lipinski definition) is 5. The van der Waals surface area contributed by atoms with Crippen LogP contribution < -0.4 is 10.6 Å². The van der Waals surface area contributed by atoms with Crippen molar-refractivity contribution in [1.29, 1.82) is 0 Å². The maximum Gasteiger partial charge on any atom is 0.407 e. The van der Waals surface area contributed by atoms with Crippen LogP contribution in [0.2, 0.25) is 0 Å². The second kappa shape index (κ2) is 16.8. The Kier molecular flexibility index (Phi) is 11.0. The van der Waals surface area contributed by atoms with Crippen LogP contribution in [0.15, 0.2) is 91.1 Å². The van der Waals surface area contributed by atoms with Crippen molar-refractivity contribution in [3.05, 3.63) is 119 Å². The Hall–Kier alpha value is -6.96. The minimum absolute atomic E-state index is 0.109. The van der Waals surface area contributed by atoms with Crippen LogP contribution >= 0.6 is 0 Å². The van der Waals surface area contributed by atoms with Crippen molar-refractivity contribution < 1.29 is 29.0 Å². The van der Waals surface area contributed by atoms with Gasteiger partial charge in [0.1, 0.15) is 23.7 Å². The molecule has 4 atom stereocenters. The molecule has 0 saturated carbocycles. The number of ether oxygens (including phenoxy) is 1. The zero-order valence-corrected chi connectivity index (χ0v) is 35.0. The first kappa shape index (κ1) is 40.4. The molecule has 0 unspecified atom stereocenters. The molecule has 62 heavy (non-hydrogen) atoms. The van der Waals surface area contributed by atoms with Crippen molar-refractivity contribution in [2.75, 3.05) is 20.2 Å². The van der Waals surface area contributed by atoms with Crippen molar-refractivity contribution >= 4 is 35.0 Å². The summed E-state index contributed by atoms with van der Waals surface area (Å²) >= 11 is 0. The van der Waals surface area contributed by atoms with E-state index in [1.165, 1.54) is 29.4 Å². The number of aryl methyl sites for hydroxylation is 2. The van der Waals surface area contributed by atoms with Crippen LogP contribution in [0, 0.1) is 5.92 Å². The van der Waals surface area contributed by atoms with Crippen LogP contribution in [0.5, 0.6) is 0 Å². The fraction of sp³-hybridized carbons (Fsp3) is 0.333. The molecule has 3 aliphatic rings. The SMILES string of the molecule is COC(=O)N[C@H](C(=O)N1CCC[C@H]1c1nc2ccc(-c3ccc4c(c3)CCc3cc(-c5cnc([C@@H]6CCCN6C(=O)[C@H](NC(=O)O)c6ccccc6)[nH]5)ccc3-4)cc2[nH]1)C(C)C. The summed E-state index contributed by atoms with van der Waals surface area (Å²) in [6.45, 7) is 4.93. The van der Waals surface area contributed by atoms with E-state index in [0.717, 1.165) is 77.8 Å². The van der Waals surface area contributed by atoms with Gasteiger partial charge in [-0.3, -0.25) is 9.59 Å². The third kappa shape index (κ3) is 7.76. The van der Waals surface area contributed by atoms with Crippen LogP contribution in [0.3, 0.4) is 0 Å². The van der Waals surface area contributed by atoms with E-state index in [2.05, 4.69) is 69.1 Å². The summed E-state index contributed by atoms with van der Waals surface area (Å²) in [5.74, 6) is 0.897. The van der Waals surface area contributed by atoms with E-state index in [1.54, 1.807) is 29.2 Å². The number of carbonyl (C=O) groups excluding carboxylic acids is 3. The molecule has 2 aromatic heterocycles.